The van der Waals surface area contributed by atoms with Crippen molar-refractivity contribution in [1.29, 1.82) is 0 Å². The van der Waals surface area contributed by atoms with Gasteiger partial charge in [0.2, 0.25) is 5.95 Å². The van der Waals surface area contributed by atoms with Crippen LogP contribution in [0.15, 0.2) is 18.2 Å². The molecule has 0 saturated heterocycles. The van der Waals surface area contributed by atoms with Crippen LogP contribution in [-0.2, 0) is 6.42 Å². The molecule has 2 heterocycles. The largest absolute Gasteiger partial charge is 0.493 e. The zero-order valence-corrected chi connectivity index (χ0v) is 10.8. The van der Waals surface area contributed by atoms with Gasteiger partial charge < -0.3 is 10.5 Å². The molecule has 0 radical (unpaired) electrons. The van der Waals surface area contributed by atoms with Gasteiger partial charge in [0.05, 0.1) is 12.3 Å². The van der Waals surface area contributed by atoms with Crippen LogP contribution in [0.3, 0.4) is 0 Å². The van der Waals surface area contributed by atoms with E-state index in [4.69, 9.17) is 33.7 Å². The number of ether oxygens (including phenoxy) is 1. The molecule has 0 spiro atoms. The summed E-state index contributed by atoms with van der Waals surface area (Å²) in [6.45, 7) is 0.522. The molecule has 4 nitrogen and oxygen atoms in total. The van der Waals surface area contributed by atoms with Crippen molar-refractivity contribution in [1.82, 2.24) is 9.97 Å². The molecule has 2 N–H and O–H groups in total. The van der Waals surface area contributed by atoms with E-state index in [1.807, 2.05) is 6.07 Å². The summed E-state index contributed by atoms with van der Waals surface area (Å²) in [5.74, 6) is 0.874. The predicted octanol–water partition coefficient (Wildman–Crippen LogP) is 2.97. The smallest absolute Gasteiger partial charge is 0.222 e. The molecule has 0 bridgehead atoms. The lowest BCUT2D eigenvalue weighted by atomic mass is 10.1. The third-order valence-electron chi connectivity index (χ3n) is 2.78. The van der Waals surface area contributed by atoms with Crippen LogP contribution in [0, 0.1) is 0 Å². The van der Waals surface area contributed by atoms with Gasteiger partial charge in [0.1, 0.15) is 10.9 Å². The first kappa shape index (κ1) is 11.6. The van der Waals surface area contributed by atoms with E-state index in [0.29, 0.717) is 28.9 Å². The van der Waals surface area contributed by atoms with Crippen LogP contribution in [-0.4, -0.2) is 16.6 Å². The molecule has 0 atom stereocenters. The van der Waals surface area contributed by atoms with Gasteiger partial charge in [-0.15, -0.1) is 0 Å². The molecule has 1 aromatic heterocycles. The molecular weight excluding hydrogens is 273 g/mol. The van der Waals surface area contributed by atoms with Crippen molar-refractivity contribution in [2.45, 2.75) is 6.42 Å². The summed E-state index contributed by atoms with van der Waals surface area (Å²) in [5.41, 5.74) is 7.98. The van der Waals surface area contributed by atoms with Gasteiger partial charge in [-0.3, -0.25) is 0 Å². The average Bonchev–Trinajstić information content (AvgIpc) is 2.49. The summed E-state index contributed by atoms with van der Waals surface area (Å²) < 4.78 is 5.65. The Balaban J connectivity index is 2.32. The Hall–Kier alpha value is -1.52. The van der Waals surface area contributed by atoms with Crippen LogP contribution in [0.1, 0.15) is 5.56 Å². The molecule has 18 heavy (non-hydrogen) atoms. The summed E-state index contributed by atoms with van der Waals surface area (Å²) in [6.07, 6.45) is 0.640. The maximum absolute atomic E-state index is 6.11. The molecule has 92 valence electrons. The Labute approximate surface area is 114 Å². The van der Waals surface area contributed by atoms with E-state index in [-0.39, 0.29) is 5.95 Å². The van der Waals surface area contributed by atoms with E-state index in [1.54, 1.807) is 12.1 Å². The Morgan fingerprint density at radius 1 is 1.22 bits per heavy atom. The fourth-order valence-electron chi connectivity index (χ4n) is 1.99. The number of anilines is 1. The summed E-state index contributed by atoms with van der Waals surface area (Å²) in [5, 5.41) is 0.979. The minimum Gasteiger partial charge on any atom is -0.493 e. The highest BCUT2D eigenvalue weighted by molar-refractivity contribution is 6.31. The number of halogens is 2. The first-order valence-corrected chi connectivity index (χ1v) is 6.15. The lowest BCUT2D eigenvalue weighted by Crippen LogP contribution is -2.03. The predicted molar refractivity (Wildman–Crippen MR) is 71.1 cm³/mol. The number of fused-ring (bicyclic) bond motifs is 3. The molecule has 1 aliphatic heterocycles. The average molecular weight is 282 g/mol. The van der Waals surface area contributed by atoms with Crippen molar-refractivity contribution in [3.8, 4) is 17.0 Å². The van der Waals surface area contributed by atoms with Gasteiger partial charge in [-0.25, -0.2) is 9.97 Å². The van der Waals surface area contributed by atoms with Crippen LogP contribution < -0.4 is 10.5 Å². The summed E-state index contributed by atoms with van der Waals surface area (Å²) in [6, 6.07) is 5.39. The normalized spacial score (nSPS) is 13.2. The standard InChI is InChI=1S/C12H9Cl2N3O/c13-6-1-2-9-8(5-6)10-7(3-4-18-9)11(14)17-12(15)16-10/h1-2,5H,3-4H2,(H2,15,16,17). The number of aromatic nitrogens is 2. The molecule has 1 aromatic carbocycles. The van der Waals surface area contributed by atoms with Crippen molar-refractivity contribution >= 4 is 29.2 Å². The molecule has 0 fully saturated rings. The topological polar surface area (TPSA) is 61.0 Å². The molecule has 0 unspecified atom stereocenters. The molecular formula is C12H9Cl2N3O. The highest BCUT2D eigenvalue weighted by Crippen LogP contribution is 2.37. The first-order chi connectivity index (χ1) is 8.65. The van der Waals surface area contributed by atoms with Gasteiger partial charge in [0.15, 0.2) is 0 Å². The molecule has 6 heteroatoms. The van der Waals surface area contributed by atoms with Gasteiger partial charge in [-0.05, 0) is 18.2 Å². The molecule has 0 saturated carbocycles. The Kier molecular flexibility index (Phi) is 2.76. The van der Waals surface area contributed by atoms with Gasteiger partial charge in [0.25, 0.3) is 0 Å². The van der Waals surface area contributed by atoms with Crippen molar-refractivity contribution in [3.63, 3.8) is 0 Å². The van der Waals surface area contributed by atoms with Gasteiger partial charge in [-0.1, -0.05) is 23.2 Å². The van der Waals surface area contributed by atoms with Crippen molar-refractivity contribution in [3.05, 3.63) is 33.9 Å². The quantitative estimate of drug-likeness (QED) is 0.754. The Morgan fingerprint density at radius 2 is 2.06 bits per heavy atom. The number of benzene rings is 1. The number of nitrogen functional groups attached to an aromatic ring is 1. The molecule has 0 aliphatic carbocycles. The number of hydrogen-bond donors (Lipinski definition) is 1. The Bertz CT molecular complexity index is 631. The molecule has 0 amide bonds. The van der Waals surface area contributed by atoms with E-state index in [1.165, 1.54) is 0 Å². The maximum Gasteiger partial charge on any atom is 0.222 e. The second-order valence-corrected chi connectivity index (χ2v) is 4.73. The summed E-state index contributed by atoms with van der Waals surface area (Å²) in [4.78, 5) is 8.23. The lowest BCUT2D eigenvalue weighted by Gasteiger charge is -2.09. The lowest BCUT2D eigenvalue weighted by molar-refractivity contribution is 0.326. The van der Waals surface area contributed by atoms with Crippen LogP contribution in [0.5, 0.6) is 5.75 Å². The number of nitrogens with zero attached hydrogens (tertiary/aromatic N) is 2. The SMILES string of the molecule is Nc1nc(Cl)c2c(n1)-c1cc(Cl)ccc1OCC2. The second-order valence-electron chi connectivity index (χ2n) is 3.94. The molecule has 2 aromatic rings. The maximum atomic E-state index is 6.11. The fraction of sp³-hybridized carbons (Fsp3) is 0.167. The van der Waals surface area contributed by atoms with Crippen LogP contribution in [0.4, 0.5) is 5.95 Å². The van der Waals surface area contributed by atoms with E-state index < -0.39 is 0 Å². The van der Waals surface area contributed by atoms with Crippen LogP contribution in [0.2, 0.25) is 10.2 Å². The van der Waals surface area contributed by atoms with E-state index in [9.17, 15) is 0 Å². The fourth-order valence-corrected chi connectivity index (χ4v) is 2.44. The van der Waals surface area contributed by atoms with Crippen molar-refractivity contribution < 1.29 is 4.74 Å². The third-order valence-corrected chi connectivity index (χ3v) is 3.33. The van der Waals surface area contributed by atoms with E-state index in [2.05, 4.69) is 9.97 Å². The van der Waals surface area contributed by atoms with Crippen LogP contribution >= 0.6 is 23.2 Å². The van der Waals surface area contributed by atoms with Crippen molar-refractivity contribution in [2.24, 2.45) is 0 Å². The Morgan fingerprint density at radius 3 is 2.89 bits per heavy atom. The van der Waals surface area contributed by atoms with E-state index >= 15 is 0 Å². The zero-order chi connectivity index (χ0) is 12.7. The summed E-state index contributed by atoms with van der Waals surface area (Å²) >= 11 is 12.1. The monoisotopic (exact) mass is 281 g/mol. The van der Waals surface area contributed by atoms with Crippen LogP contribution in [0.25, 0.3) is 11.3 Å². The van der Waals surface area contributed by atoms with Gasteiger partial charge in [0, 0.05) is 22.6 Å². The number of nitrogens with two attached hydrogens (primary N) is 1. The highest BCUT2D eigenvalue weighted by atomic mass is 35.5. The molecule has 1 aliphatic rings. The van der Waals surface area contributed by atoms with Gasteiger partial charge in [-0.2, -0.15) is 0 Å². The minimum atomic E-state index is 0.145. The molecule has 3 rings (SSSR count). The number of rotatable bonds is 0. The minimum absolute atomic E-state index is 0.145. The first-order valence-electron chi connectivity index (χ1n) is 5.40. The van der Waals surface area contributed by atoms with E-state index in [0.717, 1.165) is 16.9 Å². The third kappa shape index (κ3) is 1.87. The zero-order valence-electron chi connectivity index (χ0n) is 9.28. The van der Waals surface area contributed by atoms with Crippen molar-refractivity contribution in [2.75, 3.05) is 12.3 Å². The highest BCUT2D eigenvalue weighted by Gasteiger charge is 2.20. The second kappa shape index (κ2) is 4.30. The number of hydrogen-bond acceptors (Lipinski definition) is 4. The summed E-state index contributed by atoms with van der Waals surface area (Å²) in [7, 11) is 0. The van der Waals surface area contributed by atoms with Gasteiger partial charge >= 0.3 is 0 Å².